The van der Waals surface area contributed by atoms with Gasteiger partial charge in [0, 0.05) is 0 Å². The van der Waals surface area contributed by atoms with Crippen LogP contribution in [0.15, 0.2) is 5.29 Å². The maximum atomic E-state index is 10.1. The summed E-state index contributed by atoms with van der Waals surface area (Å²) in [4.78, 5) is 19.7. The Balaban J connectivity index is 3.86. The smallest absolute Gasteiger partial charge is 0.338 e. The second-order valence-electron chi connectivity index (χ2n) is 1.18. The van der Waals surface area contributed by atoms with Gasteiger partial charge >= 0.3 is 6.03 Å². The van der Waals surface area contributed by atoms with E-state index in [2.05, 4.69) is 11.0 Å². The monoisotopic (exact) mass is 127 g/mol. The molecule has 0 unspecified atom stereocenters. The van der Waals surface area contributed by atoms with Gasteiger partial charge < -0.3 is 5.73 Å². The minimum atomic E-state index is -0.942. The summed E-state index contributed by atoms with van der Waals surface area (Å²) in [6, 6.07) is -0.942. The number of hydrogen-bond acceptors (Lipinski definition) is 3. The largest absolute Gasteiger partial charge is 0.350 e. The van der Waals surface area contributed by atoms with E-state index >= 15 is 0 Å². The first-order valence-electron chi connectivity index (χ1n) is 2.06. The zero-order valence-corrected chi connectivity index (χ0v) is 4.57. The Morgan fingerprint density at radius 1 is 1.89 bits per heavy atom. The molecule has 9 heavy (non-hydrogen) atoms. The number of rotatable bonds is 2. The van der Waals surface area contributed by atoms with Crippen molar-refractivity contribution in [1.29, 1.82) is 0 Å². The van der Waals surface area contributed by atoms with Crippen LogP contribution in [0.1, 0.15) is 0 Å². The molecule has 0 aliphatic rings. The predicted molar refractivity (Wildman–Crippen MR) is 30.9 cm³/mol. The van der Waals surface area contributed by atoms with Gasteiger partial charge in [0.1, 0.15) is 6.54 Å². The molecule has 5 heteroatoms. The number of amides is 2. The van der Waals surface area contributed by atoms with Crippen molar-refractivity contribution in [1.82, 2.24) is 5.01 Å². The SMILES string of the molecule is C#CCN(N=O)C(N)=O. The highest BCUT2D eigenvalue weighted by atomic mass is 16.3. The van der Waals surface area contributed by atoms with Gasteiger partial charge in [-0.3, -0.25) is 0 Å². The highest BCUT2D eigenvalue weighted by Crippen LogP contribution is 1.84. The van der Waals surface area contributed by atoms with Gasteiger partial charge in [-0.2, -0.15) is 5.01 Å². The summed E-state index contributed by atoms with van der Waals surface area (Å²) < 4.78 is 0. The minimum Gasteiger partial charge on any atom is -0.350 e. The van der Waals surface area contributed by atoms with Crippen LogP contribution >= 0.6 is 0 Å². The molecule has 0 aromatic carbocycles. The van der Waals surface area contributed by atoms with Gasteiger partial charge in [-0.1, -0.05) is 5.92 Å². The Morgan fingerprint density at radius 2 is 2.44 bits per heavy atom. The third-order valence-corrected chi connectivity index (χ3v) is 0.594. The van der Waals surface area contributed by atoms with Crippen LogP contribution < -0.4 is 5.73 Å². The van der Waals surface area contributed by atoms with E-state index in [9.17, 15) is 9.70 Å². The number of carbonyl (C=O) groups excluding carboxylic acids is 1. The first-order chi connectivity index (χ1) is 4.22. The predicted octanol–water partition coefficient (Wildman–Crippen LogP) is -0.318. The normalized spacial score (nSPS) is 7.44. The van der Waals surface area contributed by atoms with Crippen molar-refractivity contribution in [3.8, 4) is 12.3 Å². The van der Waals surface area contributed by atoms with Crippen molar-refractivity contribution in [2.45, 2.75) is 0 Å². The van der Waals surface area contributed by atoms with E-state index in [1.807, 2.05) is 5.92 Å². The van der Waals surface area contributed by atoms with E-state index in [1.54, 1.807) is 0 Å². The van der Waals surface area contributed by atoms with Gasteiger partial charge in [0.05, 0.1) is 5.29 Å². The number of terminal acetylenes is 1. The summed E-state index contributed by atoms with van der Waals surface area (Å²) in [5, 5.41) is 2.69. The summed E-state index contributed by atoms with van der Waals surface area (Å²) in [5.74, 6) is 2.03. The van der Waals surface area contributed by atoms with Gasteiger partial charge in [-0.15, -0.1) is 11.3 Å². The number of carbonyl (C=O) groups is 1. The number of hydrogen-bond donors (Lipinski definition) is 1. The van der Waals surface area contributed by atoms with Crippen molar-refractivity contribution >= 4 is 6.03 Å². The average molecular weight is 127 g/mol. The van der Waals surface area contributed by atoms with E-state index < -0.39 is 6.03 Å². The van der Waals surface area contributed by atoms with Crippen molar-refractivity contribution in [3.63, 3.8) is 0 Å². The van der Waals surface area contributed by atoms with Crippen LogP contribution in [0.5, 0.6) is 0 Å². The Kier molecular flexibility index (Phi) is 2.84. The second kappa shape index (κ2) is 3.43. The number of nitroso groups, excluding NO2 is 1. The van der Waals surface area contributed by atoms with Gasteiger partial charge in [0.2, 0.25) is 0 Å². The Morgan fingerprint density at radius 3 is 2.56 bits per heavy atom. The molecule has 0 aliphatic carbocycles. The second-order valence-corrected chi connectivity index (χ2v) is 1.18. The Bertz CT molecular complexity index is 160. The zero-order valence-electron chi connectivity index (χ0n) is 4.57. The third kappa shape index (κ3) is 2.29. The molecule has 0 spiro atoms. The fraction of sp³-hybridized carbons (Fsp3) is 0.250. The first kappa shape index (κ1) is 7.43. The highest BCUT2D eigenvalue weighted by molar-refractivity contribution is 5.71. The molecular weight excluding hydrogens is 122 g/mol. The van der Waals surface area contributed by atoms with Crippen LogP contribution in [0.3, 0.4) is 0 Å². The number of primary amides is 1. The van der Waals surface area contributed by atoms with Crippen molar-refractivity contribution < 1.29 is 4.79 Å². The quantitative estimate of drug-likeness (QED) is 0.313. The van der Waals surface area contributed by atoms with E-state index in [0.717, 1.165) is 0 Å². The summed E-state index contributed by atoms with van der Waals surface area (Å²) in [7, 11) is 0. The number of nitrogens with zero attached hydrogens (tertiary/aromatic N) is 2. The molecule has 2 amide bonds. The van der Waals surface area contributed by atoms with Crippen molar-refractivity contribution in [2.75, 3.05) is 6.54 Å². The zero-order chi connectivity index (χ0) is 7.28. The summed E-state index contributed by atoms with van der Waals surface area (Å²) >= 11 is 0. The summed E-state index contributed by atoms with van der Waals surface area (Å²) in [6.07, 6.45) is 4.74. The third-order valence-electron chi connectivity index (χ3n) is 0.594. The number of nitrogens with two attached hydrogens (primary N) is 1. The van der Waals surface area contributed by atoms with Gasteiger partial charge in [0.25, 0.3) is 0 Å². The molecule has 0 bridgehead atoms. The first-order valence-corrected chi connectivity index (χ1v) is 2.06. The van der Waals surface area contributed by atoms with Crippen molar-refractivity contribution in [2.24, 2.45) is 11.0 Å². The molecule has 0 aromatic heterocycles. The topological polar surface area (TPSA) is 75.8 Å². The summed E-state index contributed by atoms with van der Waals surface area (Å²) in [5.41, 5.74) is 4.63. The van der Waals surface area contributed by atoms with Gasteiger partial charge in [-0.05, 0) is 0 Å². The Labute approximate surface area is 51.8 Å². The summed E-state index contributed by atoms with van der Waals surface area (Å²) in [6.45, 7) is -0.182. The minimum absolute atomic E-state index is 0.182. The molecule has 0 atom stereocenters. The molecule has 5 nitrogen and oxygen atoms in total. The van der Waals surface area contributed by atoms with Crippen LogP contribution in [0.25, 0.3) is 0 Å². The van der Waals surface area contributed by atoms with Crippen LogP contribution in [0.2, 0.25) is 0 Å². The fourth-order valence-corrected chi connectivity index (χ4v) is 0.233. The van der Waals surface area contributed by atoms with E-state index in [1.165, 1.54) is 0 Å². The van der Waals surface area contributed by atoms with Crippen LogP contribution in [-0.2, 0) is 0 Å². The Hall–Kier alpha value is -1.57. The van der Waals surface area contributed by atoms with Crippen LogP contribution in [-0.4, -0.2) is 17.6 Å². The van der Waals surface area contributed by atoms with Crippen molar-refractivity contribution in [3.05, 3.63) is 4.91 Å². The van der Waals surface area contributed by atoms with E-state index in [-0.39, 0.29) is 6.54 Å². The molecule has 0 radical (unpaired) electrons. The fourth-order valence-electron chi connectivity index (χ4n) is 0.233. The molecule has 0 heterocycles. The molecule has 0 aliphatic heterocycles. The van der Waals surface area contributed by atoms with Gasteiger partial charge in [0.15, 0.2) is 0 Å². The maximum Gasteiger partial charge on any atom is 0.338 e. The number of urea groups is 1. The van der Waals surface area contributed by atoms with E-state index in [4.69, 9.17) is 6.42 Å². The molecule has 2 N–H and O–H groups in total. The molecule has 0 fully saturated rings. The molecule has 0 saturated carbocycles. The molecular formula is C4H5N3O2. The lowest BCUT2D eigenvalue weighted by Crippen LogP contribution is -2.30. The standard InChI is InChI=1S/C4H5N3O2/c1-2-3-7(6-9)4(5)8/h1H,3H2,(H2,5,8). The maximum absolute atomic E-state index is 10.1. The lowest BCUT2D eigenvalue weighted by Gasteiger charge is -2.02. The lowest BCUT2D eigenvalue weighted by atomic mass is 10.6. The highest BCUT2D eigenvalue weighted by Gasteiger charge is 2.05. The molecule has 48 valence electrons. The lowest BCUT2D eigenvalue weighted by molar-refractivity contribution is 0.215. The van der Waals surface area contributed by atoms with Gasteiger partial charge in [-0.25, -0.2) is 4.79 Å². The molecule has 0 aromatic rings. The molecule has 0 saturated heterocycles. The van der Waals surface area contributed by atoms with E-state index in [0.29, 0.717) is 5.01 Å². The average Bonchev–Trinajstić information content (AvgIpc) is 1.82. The molecule has 0 rings (SSSR count). The van der Waals surface area contributed by atoms with Crippen LogP contribution in [0, 0.1) is 17.3 Å². The van der Waals surface area contributed by atoms with Crippen LogP contribution in [0.4, 0.5) is 4.79 Å².